The summed E-state index contributed by atoms with van der Waals surface area (Å²) < 4.78 is 28.3. The molecule has 0 saturated carbocycles. The molecular weight excluding hydrogens is 358 g/mol. The van der Waals surface area contributed by atoms with E-state index in [0.29, 0.717) is 17.8 Å². The number of nitrogens with zero attached hydrogens (tertiary/aromatic N) is 1. The van der Waals surface area contributed by atoms with Gasteiger partial charge in [0.25, 0.3) is 10.0 Å². The molecule has 2 rings (SSSR count). The lowest BCUT2D eigenvalue weighted by molar-refractivity contribution is 0.277. The number of aliphatic hydroxyl groups is 1. The number of aryl methyl sites for hydroxylation is 2. The quantitative estimate of drug-likeness (QED) is 0.749. The summed E-state index contributed by atoms with van der Waals surface area (Å²) in [4.78, 5) is 0. The van der Waals surface area contributed by atoms with Crippen molar-refractivity contribution in [1.29, 1.82) is 0 Å². The molecule has 0 atom stereocenters. The van der Waals surface area contributed by atoms with Crippen molar-refractivity contribution < 1.29 is 13.5 Å². The van der Waals surface area contributed by atoms with Gasteiger partial charge in [0, 0.05) is 15.7 Å². The van der Waals surface area contributed by atoms with Crippen LogP contribution in [-0.4, -0.2) is 23.7 Å². The Kier molecular flexibility index (Phi) is 4.70. The fourth-order valence-electron chi connectivity index (χ4n) is 1.99. The minimum Gasteiger partial charge on any atom is -0.392 e. The van der Waals surface area contributed by atoms with Gasteiger partial charge >= 0.3 is 0 Å². The van der Waals surface area contributed by atoms with Crippen molar-refractivity contribution in [3.8, 4) is 0 Å². The van der Waals surface area contributed by atoms with Crippen LogP contribution in [0.3, 0.4) is 0 Å². The minimum atomic E-state index is -3.85. The van der Waals surface area contributed by atoms with E-state index in [-0.39, 0.29) is 17.2 Å². The summed E-state index contributed by atoms with van der Waals surface area (Å²) in [5.74, 6) is 0. The van der Waals surface area contributed by atoms with E-state index in [1.807, 2.05) is 13.0 Å². The van der Waals surface area contributed by atoms with Crippen molar-refractivity contribution in [2.45, 2.75) is 31.9 Å². The molecule has 1 aromatic carbocycles. The Labute approximate surface area is 131 Å². The van der Waals surface area contributed by atoms with Crippen LogP contribution in [0.15, 0.2) is 27.7 Å². The van der Waals surface area contributed by atoms with E-state index in [2.05, 4.69) is 30.8 Å². The van der Waals surface area contributed by atoms with Gasteiger partial charge in [-0.2, -0.15) is 13.5 Å². The molecule has 114 valence electrons. The molecule has 0 radical (unpaired) electrons. The van der Waals surface area contributed by atoms with Gasteiger partial charge < -0.3 is 5.11 Å². The second-order valence-corrected chi connectivity index (χ2v) is 7.06. The summed E-state index contributed by atoms with van der Waals surface area (Å²) in [6, 6.07) is 5.32. The predicted molar refractivity (Wildman–Crippen MR) is 83.6 cm³/mol. The summed E-state index contributed by atoms with van der Waals surface area (Å²) in [6.45, 7) is 3.21. The lowest BCUT2D eigenvalue weighted by Gasteiger charge is -2.11. The van der Waals surface area contributed by atoms with Gasteiger partial charge in [-0.05, 0) is 37.1 Å². The highest BCUT2D eigenvalue weighted by atomic mass is 79.9. The number of hydrogen-bond donors (Lipinski definition) is 3. The van der Waals surface area contributed by atoms with Gasteiger partial charge in [-0.15, -0.1) is 0 Å². The van der Waals surface area contributed by atoms with Crippen molar-refractivity contribution in [2.75, 3.05) is 4.72 Å². The third-order valence-corrected chi connectivity index (χ3v) is 4.97. The number of aromatic amines is 1. The first-order valence-electron chi connectivity index (χ1n) is 6.35. The molecular formula is C13H16BrN3O3S. The van der Waals surface area contributed by atoms with Crippen LogP contribution in [0.2, 0.25) is 0 Å². The molecule has 0 aliphatic heterocycles. The Hall–Kier alpha value is -1.38. The molecule has 0 aliphatic carbocycles. The van der Waals surface area contributed by atoms with Crippen molar-refractivity contribution in [1.82, 2.24) is 10.2 Å². The van der Waals surface area contributed by atoms with Crippen LogP contribution < -0.4 is 4.72 Å². The fraction of sp³-hybridized carbons (Fsp3) is 0.308. The molecule has 2 aromatic rings. The SMILES string of the molecule is CCc1cc(Br)ccc1NS(=O)(=O)c1n[nH]c(C)c1CO. The van der Waals surface area contributed by atoms with Crippen molar-refractivity contribution in [2.24, 2.45) is 0 Å². The highest BCUT2D eigenvalue weighted by Crippen LogP contribution is 2.25. The summed E-state index contributed by atoms with van der Waals surface area (Å²) in [5.41, 5.74) is 2.18. The number of H-pyrrole nitrogens is 1. The zero-order valence-electron chi connectivity index (χ0n) is 11.6. The van der Waals surface area contributed by atoms with Gasteiger partial charge in [-0.25, -0.2) is 0 Å². The second kappa shape index (κ2) is 6.17. The second-order valence-electron chi connectivity index (χ2n) is 4.55. The molecule has 0 amide bonds. The first-order valence-corrected chi connectivity index (χ1v) is 8.62. The van der Waals surface area contributed by atoms with E-state index in [0.717, 1.165) is 10.0 Å². The van der Waals surface area contributed by atoms with E-state index < -0.39 is 10.0 Å². The third-order valence-electron chi connectivity index (χ3n) is 3.14. The molecule has 0 spiro atoms. The first-order chi connectivity index (χ1) is 9.89. The van der Waals surface area contributed by atoms with Gasteiger partial charge in [0.2, 0.25) is 5.03 Å². The molecule has 0 aliphatic rings. The van der Waals surface area contributed by atoms with Crippen LogP contribution in [-0.2, 0) is 23.1 Å². The van der Waals surface area contributed by atoms with Gasteiger partial charge in [-0.3, -0.25) is 9.82 Å². The normalized spacial score (nSPS) is 11.6. The zero-order valence-corrected chi connectivity index (χ0v) is 14.0. The van der Waals surface area contributed by atoms with Crippen LogP contribution in [0.5, 0.6) is 0 Å². The average Bonchev–Trinajstić information content (AvgIpc) is 2.82. The van der Waals surface area contributed by atoms with Crippen LogP contribution in [0.1, 0.15) is 23.7 Å². The van der Waals surface area contributed by atoms with E-state index in [4.69, 9.17) is 0 Å². The zero-order chi connectivity index (χ0) is 15.6. The van der Waals surface area contributed by atoms with Crippen molar-refractivity contribution >= 4 is 31.6 Å². The number of anilines is 1. The van der Waals surface area contributed by atoms with E-state index in [9.17, 15) is 13.5 Å². The molecule has 0 saturated heterocycles. The number of aliphatic hydroxyl groups excluding tert-OH is 1. The van der Waals surface area contributed by atoms with Gasteiger partial charge in [0.15, 0.2) is 0 Å². The smallest absolute Gasteiger partial charge is 0.281 e. The summed E-state index contributed by atoms with van der Waals surface area (Å²) in [5, 5.41) is 15.5. The molecule has 8 heteroatoms. The van der Waals surface area contributed by atoms with Crippen LogP contribution in [0.25, 0.3) is 0 Å². The predicted octanol–water partition coefficient (Wildman–Crippen LogP) is 2.34. The molecule has 0 bridgehead atoms. The molecule has 0 fully saturated rings. The minimum absolute atomic E-state index is 0.174. The number of nitrogens with one attached hydrogen (secondary N) is 2. The van der Waals surface area contributed by atoms with Crippen molar-refractivity contribution in [3.63, 3.8) is 0 Å². The molecule has 1 aromatic heterocycles. The molecule has 1 heterocycles. The first kappa shape index (κ1) is 16.0. The van der Waals surface area contributed by atoms with Gasteiger partial charge in [0.05, 0.1) is 12.3 Å². The number of sulfonamides is 1. The Morgan fingerprint density at radius 3 is 2.76 bits per heavy atom. The number of rotatable bonds is 5. The maximum absolute atomic E-state index is 12.4. The monoisotopic (exact) mass is 373 g/mol. The highest BCUT2D eigenvalue weighted by Gasteiger charge is 2.24. The fourth-order valence-corrected chi connectivity index (χ4v) is 3.69. The average molecular weight is 374 g/mol. The summed E-state index contributed by atoms with van der Waals surface area (Å²) in [7, 11) is -3.85. The van der Waals surface area contributed by atoms with E-state index in [1.54, 1.807) is 19.1 Å². The Morgan fingerprint density at radius 2 is 2.14 bits per heavy atom. The van der Waals surface area contributed by atoms with Gasteiger partial charge in [-0.1, -0.05) is 22.9 Å². The Balaban J connectivity index is 2.42. The number of aromatic nitrogens is 2. The molecule has 3 N–H and O–H groups in total. The van der Waals surface area contributed by atoms with E-state index >= 15 is 0 Å². The third kappa shape index (κ3) is 3.28. The lowest BCUT2D eigenvalue weighted by Crippen LogP contribution is -2.16. The largest absolute Gasteiger partial charge is 0.392 e. The summed E-state index contributed by atoms with van der Waals surface area (Å²) in [6.07, 6.45) is 0.684. The van der Waals surface area contributed by atoms with Gasteiger partial charge in [0.1, 0.15) is 0 Å². The standard InChI is InChI=1S/C13H16BrN3O3S/c1-3-9-6-10(14)4-5-12(9)17-21(19,20)13-11(7-18)8(2)15-16-13/h4-6,17-18H,3,7H2,1-2H3,(H,15,16). The topological polar surface area (TPSA) is 95.1 Å². The highest BCUT2D eigenvalue weighted by molar-refractivity contribution is 9.10. The maximum atomic E-state index is 12.4. The number of hydrogen-bond acceptors (Lipinski definition) is 4. The van der Waals surface area contributed by atoms with E-state index in [1.165, 1.54) is 0 Å². The van der Waals surface area contributed by atoms with Crippen molar-refractivity contribution in [3.05, 3.63) is 39.5 Å². The number of halogens is 1. The van der Waals surface area contributed by atoms with Crippen LogP contribution >= 0.6 is 15.9 Å². The Morgan fingerprint density at radius 1 is 1.43 bits per heavy atom. The summed E-state index contributed by atoms with van der Waals surface area (Å²) >= 11 is 3.36. The Bertz CT molecular complexity index is 756. The molecule has 6 nitrogen and oxygen atoms in total. The number of benzene rings is 1. The molecule has 0 unspecified atom stereocenters. The molecule has 21 heavy (non-hydrogen) atoms. The van der Waals surface area contributed by atoms with Crippen LogP contribution in [0.4, 0.5) is 5.69 Å². The van der Waals surface area contributed by atoms with Crippen LogP contribution in [0, 0.1) is 6.92 Å². The lowest BCUT2D eigenvalue weighted by atomic mass is 10.1. The maximum Gasteiger partial charge on any atom is 0.281 e.